The van der Waals surface area contributed by atoms with Gasteiger partial charge in [0.05, 0.1) is 12.6 Å². The number of H-pyrrole nitrogens is 1. The molecule has 0 fully saturated rings. The zero-order valence-corrected chi connectivity index (χ0v) is 17.3. The topological polar surface area (TPSA) is 54.0 Å². The summed E-state index contributed by atoms with van der Waals surface area (Å²) >= 11 is 0. The van der Waals surface area contributed by atoms with Crippen molar-refractivity contribution < 1.29 is 4.74 Å². The first-order chi connectivity index (χ1) is 13.7. The molecule has 1 N–H and O–H groups in total. The number of aromatic amines is 1. The lowest BCUT2D eigenvalue weighted by molar-refractivity contribution is 0.414. The number of benzene rings is 2. The molecule has 0 bridgehead atoms. The van der Waals surface area contributed by atoms with Gasteiger partial charge >= 0.3 is 0 Å². The second-order valence-electron chi connectivity index (χ2n) is 7.19. The summed E-state index contributed by atoms with van der Waals surface area (Å²) in [4.78, 5) is 15.3. The second kappa shape index (κ2) is 7.76. The summed E-state index contributed by atoms with van der Waals surface area (Å²) in [6.07, 6.45) is 3.90. The van der Waals surface area contributed by atoms with Crippen LogP contribution in [-0.2, 0) is 12.8 Å². The molecule has 0 unspecified atom stereocenters. The van der Waals surface area contributed by atoms with E-state index in [9.17, 15) is 0 Å². The fraction of sp³-hybridized carbons (Fsp3) is 0.217. The van der Waals surface area contributed by atoms with Crippen LogP contribution in [0.4, 0.5) is 11.5 Å². The van der Waals surface area contributed by atoms with Gasteiger partial charge in [0.2, 0.25) is 0 Å². The largest absolute Gasteiger partial charge is 0.497 e. The Morgan fingerprint density at radius 2 is 1.93 bits per heavy atom. The number of fused-ring (bicyclic) bond motifs is 2. The Bertz CT molecular complexity index is 1160. The summed E-state index contributed by atoms with van der Waals surface area (Å²) in [5, 5.41) is 0. The van der Waals surface area contributed by atoms with E-state index in [0.29, 0.717) is 0 Å². The molecule has 0 aliphatic carbocycles. The molecule has 5 nitrogen and oxygen atoms in total. The highest BCUT2D eigenvalue weighted by Crippen LogP contribution is 2.38. The molecule has 4 aromatic rings. The summed E-state index contributed by atoms with van der Waals surface area (Å²) < 4.78 is 5.38. The lowest BCUT2D eigenvalue weighted by Gasteiger charge is -2.19. The van der Waals surface area contributed by atoms with Crippen LogP contribution in [0.5, 0.6) is 5.75 Å². The number of methoxy groups -OCH3 is 1. The molecule has 0 atom stereocenters. The smallest absolute Gasteiger partial charge is 0.161 e. The number of nitrogens with zero attached hydrogens (tertiary/aromatic N) is 3. The molecule has 0 radical (unpaired) electrons. The van der Waals surface area contributed by atoms with Gasteiger partial charge in [-0.2, -0.15) is 0 Å². The Kier molecular flexibility index (Phi) is 5.16. The molecule has 1 aliphatic heterocycles. The third-order valence-corrected chi connectivity index (χ3v) is 5.37. The van der Waals surface area contributed by atoms with E-state index in [1.165, 1.54) is 22.4 Å². The Labute approximate surface area is 176 Å². The second-order valence-corrected chi connectivity index (χ2v) is 7.19. The summed E-state index contributed by atoms with van der Waals surface area (Å²) in [6, 6.07) is 16.8. The summed E-state index contributed by atoms with van der Waals surface area (Å²) in [5.41, 5.74) is 6.97. The fourth-order valence-electron chi connectivity index (χ4n) is 4.02. The highest BCUT2D eigenvalue weighted by atomic mass is 35.5. The van der Waals surface area contributed by atoms with E-state index in [0.717, 1.165) is 47.8 Å². The van der Waals surface area contributed by atoms with Gasteiger partial charge in [-0.05, 0) is 42.7 Å². The van der Waals surface area contributed by atoms with Crippen LogP contribution >= 0.6 is 12.4 Å². The maximum absolute atomic E-state index is 5.38. The van der Waals surface area contributed by atoms with Gasteiger partial charge in [-0.1, -0.05) is 30.3 Å². The van der Waals surface area contributed by atoms with Crippen molar-refractivity contribution >= 4 is 34.9 Å². The van der Waals surface area contributed by atoms with Crippen LogP contribution in [0.2, 0.25) is 0 Å². The quantitative estimate of drug-likeness (QED) is 0.519. The van der Waals surface area contributed by atoms with Gasteiger partial charge in [0.15, 0.2) is 5.82 Å². The van der Waals surface area contributed by atoms with E-state index in [2.05, 4.69) is 52.5 Å². The van der Waals surface area contributed by atoms with Gasteiger partial charge in [0.25, 0.3) is 0 Å². The lowest BCUT2D eigenvalue weighted by atomic mass is 10.1. The minimum absolute atomic E-state index is 0. The predicted octanol–water partition coefficient (Wildman–Crippen LogP) is 4.98. The van der Waals surface area contributed by atoms with Gasteiger partial charge in [0.1, 0.15) is 17.1 Å². The SMILES string of the molecule is COc1ccc2c(c1)CCN2c1nc(C)nc2c(Cc3ccccc3)c[nH]c12.Cl. The maximum Gasteiger partial charge on any atom is 0.161 e. The van der Waals surface area contributed by atoms with E-state index in [4.69, 9.17) is 14.7 Å². The van der Waals surface area contributed by atoms with Crippen molar-refractivity contribution in [2.75, 3.05) is 18.6 Å². The van der Waals surface area contributed by atoms with E-state index >= 15 is 0 Å². The molecule has 3 heterocycles. The first kappa shape index (κ1) is 19.3. The number of anilines is 2. The van der Waals surface area contributed by atoms with Crippen LogP contribution in [0, 0.1) is 6.92 Å². The van der Waals surface area contributed by atoms with Crippen molar-refractivity contribution in [1.82, 2.24) is 15.0 Å². The van der Waals surface area contributed by atoms with Crippen molar-refractivity contribution in [2.45, 2.75) is 19.8 Å². The monoisotopic (exact) mass is 406 g/mol. The Hall–Kier alpha value is -3.05. The van der Waals surface area contributed by atoms with Crippen LogP contribution in [0.3, 0.4) is 0 Å². The molecule has 0 saturated heterocycles. The fourth-order valence-corrected chi connectivity index (χ4v) is 4.02. The molecule has 2 aromatic carbocycles. The number of rotatable bonds is 4. The molecular formula is C23H23ClN4O. The number of hydrogen-bond acceptors (Lipinski definition) is 4. The van der Waals surface area contributed by atoms with Gasteiger partial charge in [0, 0.05) is 30.4 Å². The number of aromatic nitrogens is 3. The molecule has 1 aliphatic rings. The highest BCUT2D eigenvalue weighted by Gasteiger charge is 2.25. The maximum atomic E-state index is 5.38. The minimum atomic E-state index is 0. The van der Waals surface area contributed by atoms with Crippen LogP contribution in [0.15, 0.2) is 54.7 Å². The first-order valence-electron chi connectivity index (χ1n) is 9.56. The zero-order valence-electron chi connectivity index (χ0n) is 16.5. The van der Waals surface area contributed by atoms with E-state index < -0.39 is 0 Å². The number of hydrogen-bond donors (Lipinski definition) is 1. The molecule has 6 heteroatoms. The first-order valence-corrected chi connectivity index (χ1v) is 9.56. The van der Waals surface area contributed by atoms with Crippen LogP contribution in [0.25, 0.3) is 11.0 Å². The standard InChI is InChI=1S/C23H22N4O.ClH/c1-15-25-21-18(12-16-6-4-3-5-7-16)14-24-22(21)23(26-15)27-11-10-17-13-19(28-2)8-9-20(17)27;/h3-9,13-14,24H,10-12H2,1-2H3;1H. The van der Waals surface area contributed by atoms with Crippen molar-refractivity contribution in [1.29, 1.82) is 0 Å². The normalized spacial score (nSPS) is 12.7. The van der Waals surface area contributed by atoms with Crippen LogP contribution < -0.4 is 9.64 Å². The van der Waals surface area contributed by atoms with Gasteiger partial charge in [-0.3, -0.25) is 0 Å². The average Bonchev–Trinajstić information content (AvgIpc) is 3.32. The number of ether oxygens (including phenoxy) is 1. The Morgan fingerprint density at radius 3 is 2.72 bits per heavy atom. The molecule has 5 rings (SSSR count). The predicted molar refractivity (Wildman–Crippen MR) is 119 cm³/mol. The van der Waals surface area contributed by atoms with Crippen molar-refractivity contribution in [2.24, 2.45) is 0 Å². The summed E-state index contributed by atoms with van der Waals surface area (Å²) in [6.45, 7) is 2.87. The van der Waals surface area contributed by atoms with Gasteiger partial charge < -0.3 is 14.6 Å². The number of nitrogens with one attached hydrogen (secondary N) is 1. The zero-order chi connectivity index (χ0) is 19.1. The van der Waals surface area contributed by atoms with Crippen LogP contribution in [0.1, 0.15) is 22.5 Å². The van der Waals surface area contributed by atoms with E-state index in [1.54, 1.807) is 7.11 Å². The third kappa shape index (κ3) is 3.42. The number of halogens is 1. The van der Waals surface area contributed by atoms with Crippen molar-refractivity contribution in [3.63, 3.8) is 0 Å². The molecule has 2 aromatic heterocycles. The van der Waals surface area contributed by atoms with E-state index in [1.807, 2.05) is 19.1 Å². The summed E-state index contributed by atoms with van der Waals surface area (Å²) in [7, 11) is 1.71. The van der Waals surface area contributed by atoms with Gasteiger partial charge in [-0.15, -0.1) is 12.4 Å². The lowest BCUT2D eigenvalue weighted by Crippen LogP contribution is -2.16. The highest BCUT2D eigenvalue weighted by molar-refractivity contribution is 5.92. The van der Waals surface area contributed by atoms with Crippen LogP contribution in [-0.4, -0.2) is 28.6 Å². The van der Waals surface area contributed by atoms with E-state index in [-0.39, 0.29) is 12.4 Å². The van der Waals surface area contributed by atoms with Crippen molar-refractivity contribution in [3.8, 4) is 5.75 Å². The molecule has 0 spiro atoms. The Balaban J connectivity index is 0.00000205. The Morgan fingerprint density at radius 1 is 1.10 bits per heavy atom. The van der Waals surface area contributed by atoms with Gasteiger partial charge in [-0.25, -0.2) is 9.97 Å². The average molecular weight is 407 g/mol. The molecule has 0 saturated carbocycles. The molecule has 148 valence electrons. The molecule has 0 amide bonds. The number of aryl methyl sites for hydroxylation is 1. The minimum Gasteiger partial charge on any atom is -0.497 e. The molecule has 29 heavy (non-hydrogen) atoms. The van der Waals surface area contributed by atoms with Crippen molar-refractivity contribution in [3.05, 3.63) is 77.2 Å². The third-order valence-electron chi connectivity index (χ3n) is 5.37. The summed E-state index contributed by atoms with van der Waals surface area (Å²) in [5.74, 6) is 2.64. The molecular weight excluding hydrogens is 384 g/mol.